The Morgan fingerprint density at radius 1 is 0.982 bits per heavy atom. The van der Waals surface area contributed by atoms with E-state index in [0.29, 0.717) is 56.0 Å². The van der Waals surface area contributed by atoms with Gasteiger partial charge in [-0.25, -0.2) is 8.78 Å². The fourth-order valence-electron chi connectivity index (χ4n) is 7.59. The number of piperazine rings is 1. The van der Waals surface area contributed by atoms with Crippen molar-refractivity contribution in [3.63, 3.8) is 0 Å². The molecule has 2 saturated heterocycles. The number of amides is 2. The highest BCUT2D eigenvalue weighted by molar-refractivity contribution is 6.03. The molecule has 2 bridgehead atoms. The van der Waals surface area contributed by atoms with Crippen LogP contribution in [0.5, 0.6) is 5.75 Å². The van der Waals surface area contributed by atoms with Gasteiger partial charge in [0, 0.05) is 43.8 Å². The van der Waals surface area contributed by atoms with Crippen LogP contribution in [-0.4, -0.2) is 94.8 Å². The van der Waals surface area contributed by atoms with E-state index in [9.17, 15) is 41.0 Å². The first-order valence-corrected chi connectivity index (χ1v) is 18.4. The molecule has 1 aliphatic carbocycles. The topological polar surface area (TPSA) is 131 Å². The molecule has 3 heterocycles. The van der Waals surface area contributed by atoms with Crippen LogP contribution in [-0.2, 0) is 33.5 Å². The molecule has 56 heavy (non-hydrogen) atoms. The number of hydrogen-bond acceptors (Lipinski definition) is 7. The van der Waals surface area contributed by atoms with Crippen LogP contribution in [0.4, 0.5) is 26.3 Å². The van der Waals surface area contributed by atoms with Crippen LogP contribution in [0.1, 0.15) is 54.4 Å². The van der Waals surface area contributed by atoms with Gasteiger partial charge < -0.3 is 35.4 Å². The summed E-state index contributed by atoms with van der Waals surface area (Å²) in [6.45, 7) is 0.626. The number of rotatable bonds is 11. The Morgan fingerprint density at radius 3 is 2.36 bits per heavy atom. The van der Waals surface area contributed by atoms with Gasteiger partial charge in [0.05, 0.1) is 30.4 Å². The number of benzene rings is 3. The quantitative estimate of drug-likeness (QED) is 0.0918. The van der Waals surface area contributed by atoms with E-state index in [1.807, 2.05) is 24.3 Å². The van der Waals surface area contributed by atoms with Gasteiger partial charge in [-0.1, -0.05) is 36.4 Å². The van der Waals surface area contributed by atoms with Crippen LogP contribution in [0.15, 0.2) is 66.2 Å². The SMILES string of the molecule is O=C(C1C[C@@H](O)CN1)N1C[C@H]2CC(c3ccc(CCCOc4c(F)ccc(F)c4F)cc3)=C(C(=O)N(Cc3cccc(C(F)(F)F)c3)C3CC3)[C@@H](C1)N2.O=CO. The Kier molecular flexibility index (Phi) is 12.7. The van der Waals surface area contributed by atoms with Gasteiger partial charge in [0.1, 0.15) is 0 Å². The first-order valence-electron chi connectivity index (χ1n) is 18.4. The zero-order valence-electron chi connectivity index (χ0n) is 30.2. The van der Waals surface area contributed by atoms with Crippen LogP contribution in [0.2, 0.25) is 0 Å². The first-order chi connectivity index (χ1) is 26.8. The lowest BCUT2D eigenvalue weighted by Crippen LogP contribution is -2.63. The minimum Gasteiger partial charge on any atom is -0.488 e. The monoisotopic (exact) mass is 788 g/mol. The number of aliphatic hydroxyl groups excluding tert-OH is 1. The predicted octanol–water partition coefficient (Wildman–Crippen LogP) is 5.08. The van der Waals surface area contributed by atoms with Crippen molar-refractivity contribution in [2.75, 3.05) is 26.2 Å². The molecule has 3 aliphatic heterocycles. The molecular formula is C40H42F6N4O6. The van der Waals surface area contributed by atoms with Gasteiger partial charge in [0.25, 0.3) is 12.4 Å². The normalized spacial score (nSPS) is 21.9. The predicted molar refractivity (Wildman–Crippen MR) is 192 cm³/mol. The van der Waals surface area contributed by atoms with E-state index < -0.39 is 53.1 Å². The maximum Gasteiger partial charge on any atom is 0.416 e. The molecule has 300 valence electrons. The fraction of sp³-hybridized carbons (Fsp3) is 0.425. The van der Waals surface area contributed by atoms with Gasteiger partial charge in [-0.3, -0.25) is 14.4 Å². The van der Waals surface area contributed by atoms with Crippen molar-refractivity contribution in [2.45, 2.75) is 81.5 Å². The zero-order valence-corrected chi connectivity index (χ0v) is 30.2. The summed E-state index contributed by atoms with van der Waals surface area (Å²) in [6.07, 6.45) is -2.09. The van der Waals surface area contributed by atoms with Crippen LogP contribution >= 0.6 is 0 Å². The molecule has 0 spiro atoms. The number of ether oxygens (including phenoxy) is 1. The fourth-order valence-corrected chi connectivity index (χ4v) is 7.59. The van der Waals surface area contributed by atoms with E-state index in [0.717, 1.165) is 47.7 Å². The lowest BCUT2D eigenvalue weighted by molar-refractivity contribution is -0.138. The maximum absolute atomic E-state index is 14.7. The second-order valence-corrected chi connectivity index (χ2v) is 14.4. The number of nitrogens with zero attached hydrogens (tertiary/aromatic N) is 2. The number of halogens is 6. The highest BCUT2D eigenvalue weighted by atomic mass is 19.4. The van der Waals surface area contributed by atoms with Crippen molar-refractivity contribution in [3.05, 3.63) is 106 Å². The summed E-state index contributed by atoms with van der Waals surface area (Å²) in [5, 5.41) is 23.5. The van der Waals surface area contributed by atoms with Gasteiger partial charge in [0.15, 0.2) is 17.4 Å². The lowest BCUT2D eigenvalue weighted by Gasteiger charge is -2.45. The molecule has 16 heteroatoms. The third kappa shape index (κ3) is 9.53. The van der Waals surface area contributed by atoms with Crippen molar-refractivity contribution in [3.8, 4) is 5.75 Å². The lowest BCUT2D eigenvalue weighted by atomic mass is 9.82. The number of fused-ring (bicyclic) bond motifs is 2. The Hall–Kier alpha value is -4.93. The second-order valence-electron chi connectivity index (χ2n) is 14.4. The van der Waals surface area contributed by atoms with E-state index in [1.165, 1.54) is 6.07 Å². The molecule has 7 rings (SSSR count). The molecule has 3 aromatic carbocycles. The summed E-state index contributed by atoms with van der Waals surface area (Å²) in [6, 6.07) is 12.7. The van der Waals surface area contributed by atoms with E-state index in [2.05, 4.69) is 10.6 Å². The van der Waals surface area contributed by atoms with Crippen molar-refractivity contribution < 1.29 is 55.7 Å². The van der Waals surface area contributed by atoms with Crippen LogP contribution in [0.3, 0.4) is 0 Å². The Labute approximate surface area is 319 Å². The molecule has 4 aliphatic rings. The molecule has 1 unspecified atom stereocenters. The van der Waals surface area contributed by atoms with Crippen molar-refractivity contribution in [1.29, 1.82) is 0 Å². The molecule has 4 atom stereocenters. The molecular weight excluding hydrogens is 746 g/mol. The van der Waals surface area contributed by atoms with E-state index in [-0.39, 0.29) is 50.1 Å². The number of hydrogen-bond donors (Lipinski definition) is 4. The summed E-state index contributed by atoms with van der Waals surface area (Å²) in [7, 11) is 0. The minimum atomic E-state index is -4.53. The van der Waals surface area contributed by atoms with E-state index in [4.69, 9.17) is 14.6 Å². The highest BCUT2D eigenvalue weighted by Gasteiger charge is 2.45. The number of aryl methyl sites for hydroxylation is 1. The van der Waals surface area contributed by atoms with Crippen LogP contribution < -0.4 is 15.4 Å². The smallest absolute Gasteiger partial charge is 0.416 e. The number of β-amino-alcohol motifs (C(OH)–C–C–N with tert-alkyl or cyclic N) is 1. The molecule has 0 radical (unpaired) electrons. The molecule has 0 aromatic heterocycles. The molecule has 4 N–H and O–H groups in total. The molecule has 1 saturated carbocycles. The van der Waals surface area contributed by atoms with Crippen molar-refractivity contribution in [1.82, 2.24) is 20.4 Å². The Balaban J connectivity index is 0.00000172. The average molecular weight is 789 g/mol. The standard InChI is InChI=1S/C39H40F6N4O4.CH2O2/c40-30-12-13-31(41)36(35(30)42)53-14-2-4-22-6-8-24(9-7-22)29-16-26-20-48(37(51)32-17-28(50)18-46-32)21-33(47-26)34(29)38(52)49(27-10-11-27)19-23-3-1-5-25(15-23)39(43,44)45;2-1-3/h1,3,5-9,12-13,15,26-28,32-33,46-47,50H,2,4,10-11,14,16-21H2;1H,(H,2,3)/t26-,28-,32?,33-;/m1./s1. The number of carbonyl (C=O) groups is 3. The van der Waals surface area contributed by atoms with Crippen molar-refractivity contribution >= 4 is 23.9 Å². The maximum atomic E-state index is 14.7. The second kappa shape index (κ2) is 17.5. The zero-order chi connectivity index (χ0) is 40.1. The Bertz CT molecular complexity index is 1940. The van der Waals surface area contributed by atoms with Crippen molar-refractivity contribution in [2.24, 2.45) is 0 Å². The van der Waals surface area contributed by atoms with Gasteiger partial charge in [-0.2, -0.15) is 17.6 Å². The number of carboxylic acid groups (broad SMARTS) is 1. The summed E-state index contributed by atoms with van der Waals surface area (Å²) in [5.41, 5.74) is 2.54. The van der Waals surface area contributed by atoms with Crippen LogP contribution in [0, 0.1) is 17.5 Å². The van der Waals surface area contributed by atoms with Gasteiger partial charge in [0.2, 0.25) is 11.7 Å². The summed E-state index contributed by atoms with van der Waals surface area (Å²) >= 11 is 0. The molecule has 10 nitrogen and oxygen atoms in total. The number of aliphatic hydroxyl groups is 1. The number of nitrogens with one attached hydrogen (secondary N) is 2. The Morgan fingerprint density at radius 2 is 1.70 bits per heavy atom. The van der Waals surface area contributed by atoms with E-state index >= 15 is 0 Å². The largest absolute Gasteiger partial charge is 0.488 e. The first kappa shape index (κ1) is 40.7. The summed E-state index contributed by atoms with van der Waals surface area (Å²) in [4.78, 5) is 40.0. The highest BCUT2D eigenvalue weighted by Crippen LogP contribution is 2.38. The molecule has 3 fully saturated rings. The van der Waals surface area contributed by atoms with Gasteiger partial charge in [-0.15, -0.1) is 0 Å². The number of carbonyl (C=O) groups excluding carboxylic acids is 2. The van der Waals surface area contributed by atoms with Gasteiger partial charge >= 0.3 is 6.18 Å². The average Bonchev–Trinajstić information content (AvgIpc) is 3.93. The summed E-state index contributed by atoms with van der Waals surface area (Å²) in [5.74, 6) is -4.77. The van der Waals surface area contributed by atoms with E-state index in [1.54, 1.807) is 15.9 Å². The third-order valence-corrected chi connectivity index (χ3v) is 10.4. The summed E-state index contributed by atoms with van der Waals surface area (Å²) < 4.78 is 87.4. The minimum absolute atomic E-state index is 0.00267. The molecule has 2 amide bonds. The van der Waals surface area contributed by atoms with Crippen LogP contribution in [0.25, 0.3) is 5.57 Å². The van der Waals surface area contributed by atoms with Gasteiger partial charge in [-0.05, 0) is 85.1 Å². The number of alkyl halides is 3. The third-order valence-electron chi connectivity index (χ3n) is 10.4. The molecule has 3 aromatic rings.